The van der Waals surface area contributed by atoms with Crippen LogP contribution in [0.2, 0.25) is 0 Å². The lowest BCUT2D eigenvalue weighted by Gasteiger charge is -2.13. The standard InChI is InChI=1S/C15H19BrN4/c1-4-5-12-13(16)14(17)19-15(18-12)10-6-8-11(9-7-10)20(2)3/h6-9H,4-5H2,1-3H3,(H2,17,18,19). The van der Waals surface area contributed by atoms with Crippen molar-refractivity contribution in [3.63, 3.8) is 0 Å². The molecule has 5 heteroatoms. The summed E-state index contributed by atoms with van der Waals surface area (Å²) >= 11 is 3.46. The molecule has 1 aromatic heterocycles. The highest BCUT2D eigenvalue weighted by Crippen LogP contribution is 2.27. The summed E-state index contributed by atoms with van der Waals surface area (Å²) in [6.07, 6.45) is 1.91. The van der Waals surface area contributed by atoms with Crippen LogP contribution in [0.1, 0.15) is 19.0 Å². The number of hydrogen-bond acceptors (Lipinski definition) is 4. The van der Waals surface area contributed by atoms with Gasteiger partial charge in [0, 0.05) is 25.3 Å². The number of nitrogens with zero attached hydrogens (tertiary/aromatic N) is 3. The van der Waals surface area contributed by atoms with Crippen LogP contribution < -0.4 is 10.6 Å². The number of nitrogen functional groups attached to an aromatic ring is 1. The number of hydrogen-bond donors (Lipinski definition) is 1. The summed E-state index contributed by atoms with van der Waals surface area (Å²) in [6.45, 7) is 2.12. The Hall–Kier alpha value is -1.62. The van der Waals surface area contributed by atoms with E-state index < -0.39 is 0 Å². The van der Waals surface area contributed by atoms with Gasteiger partial charge in [0.1, 0.15) is 5.82 Å². The van der Waals surface area contributed by atoms with Gasteiger partial charge in [-0.1, -0.05) is 13.3 Å². The van der Waals surface area contributed by atoms with Crippen molar-refractivity contribution in [2.24, 2.45) is 0 Å². The maximum atomic E-state index is 5.96. The van der Waals surface area contributed by atoms with E-state index >= 15 is 0 Å². The van der Waals surface area contributed by atoms with Crippen LogP contribution in [0.25, 0.3) is 11.4 Å². The molecule has 2 rings (SSSR count). The van der Waals surface area contributed by atoms with Crippen molar-refractivity contribution in [2.45, 2.75) is 19.8 Å². The summed E-state index contributed by atoms with van der Waals surface area (Å²) in [5, 5.41) is 0. The second kappa shape index (κ2) is 6.22. The van der Waals surface area contributed by atoms with Gasteiger partial charge in [-0.25, -0.2) is 9.97 Å². The van der Waals surface area contributed by atoms with Crippen molar-refractivity contribution >= 4 is 27.4 Å². The molecule has 2 aromatic rings. The molecule has 0 bridgehead atoms. The zero-order valence-corrected chi connectivity index (χ0v) is 13.6. The fourth-order valence-corrected chi connectivity index (χ4v) is 2.33. The molecule has 0 aliphatic rings. The SMILES string of the molecule is CCCc1nc(-c2ccc(N(C)C)cc2)nc(N)c1Br. The largest absolute Gasteiger partial charge is 0.383 e. The monoisotopic (exact) mass is 334 g/mol. The minimum atomic E-state index is 0.495. The van der Waals surface area contributed by atoms with Gasteiger partial charge in [-0.3, -0.25) is 0 Å². The van der Waals surface area contributed by atoms with Crippen LogP contribution in [-0.2, 0) is 6.42 Å². The first-order valence-electron chi connectivity index (χ1n) is 6.62. The van der Waals surface area contributed by atoms with Crippen LogP contribution in [0.3, 0.4) is 0 Å². The Morgan fingerprint density at radius 1 is 1.15 bits per heavy atom. The average Bonchev–Trinajstić information content (AvgIpc) is 2.44. The molecule has 1 heterocycles. The summed E-state index contributed by atoms with van der Waals surface area (Å²) in [6, 6.07) is 8.15. The lowest BCUT2D eigenvalue weighted by molar-refractivity contribution is 0.870. The van der Waals surface area contributed by atoms with E-state index in [1.165, 1.54) is 0 Å². The lowest BCUT2D eigenvalue weighted by atomic mass is 10.1. The predicted molar refractivity (Wildman–Crippen MR) is 87.9 cm³/mol. The number of nitrogens with two attached hydrogens (primary N) is 1. The molecular formula is C15H19BrN4. The molecule has 0 unspecified atom stereocenters. The molecule has 4 nitrogen and oxygen atoms in total. The summed E-state index contributed by atoms with van der Waals surface area (Å²) in [4.78, 5) is 11.0. The van der Waals surface area contributed by atoms with E-state index in [-0.39, 0.29) is 0 Å². The number of anilines is 2. The van der Waals surface area contributed by atoms with Crippen molar-refractivity contribution < 1.29 is 0 Å². The zero-order valence-electron chi connectivity index (χ0n) is 12.0. The maximum Gasteiger partial charge on any atom is 0.161 e. The zero-order chi connectivity index (χ0) is 14.7. The van der Waals surface area contributed by atoms with E-state index in [4.69, 9.17) is 5.73 Å². The molecular weight excluding hydrogens is 316 g/mol. The van der Waals surface area contributed by atoms with E-state index in [0.717, 1.165) is 34.3 Å². The Morgan fingerprint density at radius 3 is 2.35 bits per heavy atom. The van der Waals surface area contributed by atoms with Gasteiger partial charge in [0.05, 0.1) is 10.2 Å². The highest BCUT2D eigenvalue weighted by Gasteiger charge is 2.11. The first-order valence-corrected chi connectivity index (χ1v) is 7.42. The fraction of sp³-hybridized carbons (Fsp3) is 0.333. The molecule has 0 amide bonds. The molecule has 0 fully saturated rings. The van der Waals surface area contributed by atoms with Gasteiger partial charge < -0.3 is 10.6 Å². The average molecular weight is 335 g/mol. The number of aryl methyl sites for hydroxylation is 1. The highest BCUT2D eigenvalue weighted by atomic mass is 79.9. The van der Waals surface area contributed by atoms with Crippen LogP contribution >= 0.6 is 15.9 Å². The molecule has 0 radical (unpaired) electrons. The smallest absolute Gasteiger partial charge is 0.161 e. The second-order valence-electron chi connectivity index (χ2n) is 4.88. The molecule has 0 spiro atoms. The van der Waals surface area contributed by atoms with E-state index in [0.29, 0.717) is 11.6 Å². The van der Waals surface area contributed by atoms with Gasteiger partial charge in [0.2, 0.25) is 0 Å². The predicted octanol–water partition coefficient (Wildman–Crippen LogP) is 3.51. The molecule has 0 aliphatic heterocycles. The van der Waals surface area contributed by atoms with Crippen molar-refractivity contribution in [1.29, 1.82) is 0 Å². The van der Waals surface area contributed by atoms with E-state index in [1.807, 2.05) is 26.2 Å². The van der Waals surface area contributed by atoms with Crippen molar-refractivity contribution in [1.82, 2.24) is 9.97 Å². The van der Waals surface area contributed by atoms with Crippen LogP contribution in [0.4, 0.5) is 11.5 Å². The molecule has 0 atom stereocenters. The fourth-order valence-electron chi connectivity index (χ4n) is 1.95. The van der Waals surface area contributed by atoms with Gasteiger partial charge in [-0.15, -0.1) is 0 Å². The van der Waals surface area contributed by atoms with Gasteiger partial charge in [-0.2, -0.15) is 0 Å². The normalized spacial score (nSPS) is 10.6. The quantitative estimate of drug-likeness (QED) is 0.929. The second-order valence-corrected chi connectivity index (χ2v) is 5.68. The van der Waals surface area contributed by atoms with Gasteiger partial charge in [0.25, 0.3) is 0 Å². The Morgan fingerprint density at radius 2 is 1.80 bits per heavy atom. The third-order valence-electron chi connectivity index (χ3n) is 3.07. The summed E-state index contributed by atoms with van der Waals surface area (Å²) in [7, 11) is 4.03. The number of halogens is 1. The Kier molecular flexibility index (Phi) is 4.60. The Balaban J connectivity index is 2.41. The lowest BCUT2D eigenvalue weighted by Crippen LogP contribution is -2.08. The Bertz CT molecular complexity index is 594. The molecule has 106 valence electrons. The highest BCUT2D eigenvalue weighted by molar-refractivity contribution is 9.10. The van der Waals surface area contributed by atoms with Crippen LogP contribution in [0.5, 0.6) is 0 Å². The van der Waals surface area contributed by atoms with E-state index in [2.05, 4.69) is 49.9 Å². The molecule has 2 N–H and O–H groups in total. The molecule has 0 aliphatic carbocycles. The van der Waals surface area contributed by atoms with Crippen LogP contribution in [0, 0.1) is 0 Å². The number of aromatic nitrogens is 2. The van der Waals surface area contributed by atoms with E-state index in [1.54, 1.807) is 0 Å². The number of rotatable bonds is 4. The first kappa shape index (κ1) is 14.8. The molecule has 20 heavy (non-hydrogen) atoms. The third-order valence-corrected chi connectivity index (χ3v) is 3.94. The third kappa shape index (κ3) is 3.10. The van der Waals surface area contributed by atoms with E-state index in [9.17, 15) is 0 Å². The minimum absolute atomic E-state index is 0.495. The molecule has 0 saturated carbocycles. The van der Waals surface area contributed by atoms with Crippen molar-refractivity contribution in [2.75, 3.05) is 24.7 Å². The maximum absolute atomic E-state index is 5.96. The van der Waals surface area contributed by atoms with Crippen molar-refractivity contribution in [3.05, 3.63) is 34.4 Å². The first-order chi connectivity index (χ1) is 9.52. The molecule has 0 saturated heterocycles. The van der Waals surface area contributed by atoms with Gasteiger partial charge >= 0.3 is 0 Å². The summed E-state index contributed by atoms with van der Waals surface area (Å²) in [5.41, 5.74) is 9.05. The summed E-state index contributed by atoms with van der Waals surface area (Å²) < 4.78 is 0.813. The molecule has 1 aromatic carbocycles. The Labute approximate surface area is 128 Å². The number of benzene rings is 1. The van der Waals surface area contributed by atoms with Gasteiger partial charge in [0.15, 0.2) is 5.82 Å². The van der Waals surface area contributed by atoms with Crippen molar-refractivity contribution in [3.8, 4) is 11.4 Å². The summed E-state index contributed by atoms with van der Waals surface area (Å²) in [5.74, 6) is 1.18. The van der Waals surface area contributed by atoms with Crippen LogP contribution in [0.15, 0.2) is 28.7 Å². The van der Waals surface area contributed by atoms with Gasteiger partial charge in [-0.05, 0) is 46.6 Å². The topological polar surface area (TPSA) is 55.0 Å². The van der Waals surface area contributed by atoms with Crippen LogP contribution in [-0.4, -0.2) is 24.1 Å². The minimum Gasteiger partial charge on any atom is -0.383 e.